The summed E-state index contributed by atoms with van der Waals surface area (Å²) in [6.45, 7) is 6.60. The van der Waals surface area contributed by atoms with E-state index in [-0.39, 0.29) is 5.91 Å². The molecule has 13 nitrogen and oxygen atoms in total. The van der Waals surface area contributed by atoms with E-state index in [2.05, 4.69) is 24.1 Å². The van der Waals surface area contributed by atoms with Crippen LogP contribution in [0, 0.1) is 0 Å². The van der Waals surface area contributed by atoms with E-state index in [1.807, 2.05) is 44.4 Å². The van der Waals surface area contributed by atoms with Crippen molar-refractivity contribution in [3.8, 4) is 0 Å². The zero-order valence-electron chi connectivity index (χ0n) is 19.2. The van der Waals surface area contributed by atoms with Crippen molar-refractivity contribution in [1.29, 1.82) is 0 Å². The number of carbonyl (C=O) groups excluding carboxylic acids is 3. The predicted molar refractivity (Wildman–Crippen MR) is 115 cm³/mol. The standard InChI is InChI=1S/C17H24N4O.2C2H2O4/c1-5-21(6-2)12-17(22)19-15-11-16(20(3)4)18-14-10-8-7-9-13(14)15;2*3-1(4)2(5)6/h7-11H,5-6,12H2,1-4H3,(H,18,19,22);2*(H,3,4)(H,5,6). The van der Waals surface area contributed by atoms with Crippen molar-refractivity contribution < 1.29 is 54.2 Å². The van der Waals surface area contributed by atoms with Crippen LogP contribution < -0.4 is 25.3 Å². The molecule has 186 valence electrons. The Morgan fingerprint density at radius 1 is 0.941 bits per heavy atom. The number of anilines is 1. The normalized spacial score (nSPS) is 9.94. The van der Waals surface area contributed by atoms with Crippen LogP contribution in [0.2, 0.25) is 0 Å². The zero-order valence-corrected chi connectivity index (χ0v) is 19.2. The van der Waals surface area contributed by atoms with E-state index in [1.165, 1.54) is 4.90 Å². The number of aromatic nitrogens is 1. The predicted octanol–water partition coefficient (Wildman–Crippen LogP) is -4.48. The third kappa shape index (κ3) is 11.0. The SMILES string of the molecule is CC[NH+](CC)CC(=O)Nc1cc([NH+](C)C)nc2ccccc12.O=C([O-])C(=O)O.O=C([O-])C(=O)O. The molecule has 2 rings (SSSR count). The summed E-state index contributed by atoms with van der Waals surface area (Å²) in [4.78, 5) is 55.4. The average molecular weight is 480 g/mol. The molecule has 0 aliphatic heterocycles. The number of pyridine rings is 1. The summed E-state index contributed by atoms with van der Waals surface area (Å²) in [6, 6.07) is 9.88. The largest absolute Gasteiger partial charge is 0.539 e. The second-order valence-electron chi connectivity index (χ2n) is 6.94. The Kier molecular flexibility index (Phi) is 13.1. The lowest BCUT2D eigenvalue weighted by Gasteiger charge is -2.16. The molecule has 0 spiro atoms. The number of hydrogen-bond acceptors (Lipinski definition) is 8. The van der Waals surface area contributed by atoms with E-state index in [0.717, 1.165) is 40.4 Å². The fourth-order valence-electron chi connectivity index (χ4n) is 2.46. The highest BCUT2D eigenvalue weighted by Crippen LogP contribution is 2.23. The summed E-state index contributed by atoms with van der Waals surface area (Å²) in [5, 5.41) is 36.7. The highest BCUT2D eigenvalue weighted by molar-refractivity contribution is 6.26. The Labute approximate surface area is 195 Å². The number of nitrogens with zero attached hydrogens (tertiary/aromatic N) is 1. The average Bonchev–Trinajstić information content (AvgIpc) is 2.77. The van der Waals surface area contributed by atoms with E-state index in [4.69, 9.17) is 39.6 Å². The molecule has 0 fully saturated rings. The number of fused-ring (bicyclic) bond motifs is 1. The van der Waals surface area contributed by atoms with Gasteiger partial charge >= 0.3 is 11.9 Å². The Morgan fingerprint density at radius 3 is 1.82 bits per heavy atom. The number of para-hydroxylation sites is 1. The molecule has 0 aliphatic carbocycles. The van der Waals surface area contributed by atoms with Gasteiger partial charge in [-0.15, -0.1) is 0 Å². The number of carboxylic acid groups (broad SMARTS) is 4. The van der Waals surface area contributed by atoms with Gasteiger partial charge in [0.25, 0.3) is 5.91 Å². The van der Waals surface area contributed by atoms with Gasteiger partial charge in [0.2, 0.25) is 5.82 Å². The molecule has 1 aromatic carbocycles. The number of likely N-dealkylation sites (N-methyl/N-ethyl adjacent to an activating group) is 1. The van der Waals surface area contributed by atoms with E-state index >= 15 is 0 Å². The molecule has 1 amide bonds. The zero-order chi connectivity index (χ0) is 26.4. The number of carbonyl (C=O) groups is 5. The summed E-state index contributed by atoms with van der Waals surface area (Å²) in [7, 11) is 4.06. The molecule has 5 N–H and O–H groups in total. The lowest BCUT2D eigenvalue weighted by molar-refractivity contribution is -0.888. The van der Waals surface area contributed by atoms with Crippen LogP contribution in [-0.4, -0.2) is 78.7 Å². The van der Waals surface area contributed by atoms with Crippen LogP contribution in [0.25, 0.3) is 10.9 Å². The van der Waals surface area contributed by atoms with Crippen molar-refractivity contribution in [2.24, 2.45) is 0 Å². The summed E-state index contributed by atoms with van der Waals surface area (Å²) < 4.78 is 0. The number of quaternary nitrogens is 2. The number of benzene rings is 1. The minimum Gasteiger partial charge on any atom is -0.539 e. The fourth-order valence-corrected chi connectivity index (χ4v) is 2.46. The molecule has 0 aliphatic rings. The molecular formula is C21H28N4O9. The van der Waals surface area contributed by atoms with Gasteiger partial charge < -0.3 is 40.2 Å². The van der Waals surface area contributed by atoms with Crippen LogP contribution in [0.3, 0.4) is 0 Å². The molecule has 2 aromatic rings. The minimum absolute atomic E-state index is 0.0507. The molecule has 0 bridgehead atoms. The number of hydrogen-bond donors (Lipinski definition) is 5. The van der Waals surface area contributed by atoms with Gasteiger partial charge in [0.15, 0.2) is 18.5 Å². The van der Waals surface area contributed by atoms with Crippen molar-refractivity contribution >= 4 is 52.2 Å². The number of amides is 1. The van der Waals surface area contributed by atoms with Crippen molar-refractivity contribution in [3.63, 3.8) is 0 Å². The molecule has 1 heterocycles. The first kappa shape index (κ1) is 29.9. The summed E-state index contributed by atoms with van der Waals surface area (Å²) in [6.07, 6.45) is 0. The van der Waals surface area contributed by atoms with Crippen molar-refractivity contribution in [2.75, 3.05) is 39.0 Å². The van der Waals surface area contributed by atoms with Crippen LogP contribution in [0.4, 0.5) is 11.5 Å². The van der Waals surface area contributed by atoms with E-state index in [1.54, 1.807) is 0 Å². The number of carboxylic acids is 4. The summed E-state index contributed by atoms with van der Waals surface area (Å²) in [5.74, 6) is -7.05. The molecule has 34 heavy (non-hydrogen) atoms. The van der Waals surface area contributed by atoms with E-state index in [9.17, 15) is 4.79 Å². The first-order valence-corrected chi connectivity index (χ1v) is 10.1. The molecule has 0 saturated carbocycles. The van der Waals surface area contributed by atoms with Gasteiger partial charge in [0, 0.05) is 11.5 Å². The topological polar surface area (TPSA) is 206 Å². The van der Waals surface area contributed by atoms with Gasteiger partial charge in [-0.05, 0) is 19.9 Å². The smallest absolute Gasteiger partial charge is 0.351 e. The highest BCUT2D eigenvalue weighted by atomic mass is 16.4. The van der Waals surface area contributed by atoms with E-state index in [0.29, 0.717) is 6.54 Å². The Hall–Kier alpha value is -4.10. The summed E-state index contributed by atoms with van der Waals surface area (Å²) in [5.41, 5.74) is 1.75. The van der Waals surface area contributed by atoms with Gasteiger partial charge in [-0.25, -0.2) is 9.59 Å². The minimum atomic E-state index is -2.07. The monoisotopic (exact) mass is 480 g/mol. The first-order valence-electron chi connectivity index (χ1n) is 10.1. The van der Waals surface area contributed by atoms with Crippen LogP contribution in [0.1, 0.15) is 13.8 Å². The van der Waals surface area contributed by atoms with Crippen LogP contribution in [0.5, 0.6) is 0 Å². The third-order valence-electron chi connectivity index (χ3n) is 4.26. The molecule has 0 atom stereocenters. The molecule has 0 unspecified atom stereocenters. The van der Waals surface area contributed by atoms with Gasteiger partial charge in [-0.3, -0.25) is 9.69 Å². The number of rotatable bonds is 6. The second-order valence-corrected chi connectivity index (χ2v) is 6.94. The molecule has 0 radical (unpaired) electrons. The van der Waals surface area contributed by atoms with Crippen LogP contribution in [0.15, 0.2) is 30.3 Å². The quantitative estimate of drug-likeness (QED) is 0.251. The molecule has 13 heteroatoms. The van der Waals surface area contributed by atoms with Crippen molar-refractivity contribution in [1.82, 2.24) is 4.98 Å². The summed E-state index contributed by atoms with van der Waals surface area (Å²) >= 11 is 0. The Bertz CT molecular complexity index is 972. The fraction of sp³-hybridized carbons (Fsp3) is 0.333. The van der Waals surface area contributed by atoms with Gasteiger partial charge in [-0.2, -0.15) is 4.98 Å². The first-order chi connectivity index (χ1) is 15.8. The number of aliphatic carboxylic acids is 4. The molecule has 1 aromatic heterocycles. The van der Waals surface area contributed by atoms with Crippen molar-refractivity contribution in [3.05, 3.63) is 30.3 Å². The maximum absolute atomic E-state index is 12.3. The van der Waals surface area contributed by atoms with Crippen LogP contribution >= 0.6 is 0 Å². The van der Waals surface area contributed by atoms with Gasteiger partial charge in [-0.1, -0.05) is 18.2 Å². The maximum Gasteiger partial charge on any atom is 0.351 e. The third-order valence-corrected chi connectivity index (χ3v) is 4.26. The number of nitrogens with one attached hydrogen (secondary N) is 3. The Balaban J connectivity index is 0.000000750. The van der Waals surface area contributed by atoms with Crippen LogP contribution in [-0.2, 0) is 24.0 Å². The lowest BCUT2D eigenvalue weighted by Crippen LogP contribution is -3.12. The maximum atomic E-state index is 12.3. The Morgan fingerprint density at radius 2 is 1.41 bits per heavy atom. The van der Waals surface area contributed by atoms with Crippen molar-refractivity contribution in [2.45, 2.75) is 13.8 Å². The molecule has 0 saturated heterocycles. The second kappa shape index (κ2) is 14.9. The lowest BCUT2D eigenvalue weighted by atomic mass is 10.1. The molecular weight excluding hydrogens is 452 g/mol. The van der Waals surface area contributed by atoms with Gasteiger partial charge in [0.1, 0.15) is 0 Å². The van der Waals surface area contributed by atoms with E-state index < -0.39 is 23.9 Å². The highest BCUT2D eigenvalue weighted by Gasteiger charge is 2.15. The van der Waals surface area contributed by atoms with Gasteiger partial charge in [0.05, 0.1) is 38.4 Å².